The van der Waals surface area contributed by atoms with E-state index in [1.54, 1.807) is 12.4 Å². The molecule has 1 saturated carbocycles. The van der Waals surface area contributed by atoms with Gasteiger partial charge in [-0.25, -0.2) is 4.98 Å². The SMILES string of the molecule is CCOc1cncc(-c2noc(C(CCCC3CCCCC3)CC(=O)OC(C)(C)C)n2)n1. The summed E-state index contributed by atoms with van der Waals surface area (Å²) in [6.07, 6.45) is 13.0. The third kappa shape index (κ3) is 7.57. The normalized spacial score (nSPS) is 16.0. The van der Waals surface area contributed by atoms with E-state index in [0.29, 0.717) is 29.9 Å². The first-order valence-electron chi connectivity index (χ1n) is 11.8. The Kier molecular flexibility index (Phi) is 8.59. The molecular weight excluding hydrogens is 408 g/mol. The average Bonchev–Trinajstić information content (AvgIpc) is 3.23. The fourth-order valence-corrected chi connectivity index (χ4v) is 4.20. The molecule has 1 fully saturated rings. The molecule has 3 rings (SSSR count). The molecule has 0 spiro atoms. The quantitative estimate of drug-likeness (QED) is 0.443. The third-order valence-corrected chi connectivity index (χ3v) is 5.65. The third-order valence-electron chi connectivity index (χ3n) is 5.65. The summed E-state index contributed by atoms with van der Waals surface area (Å²) in [5.74, 6) is 1.55. The van der Waals surface area contributed by atoms with E-state index in [0.717, 1.165) is 18.8 Å². The molecule has 1 aliphatic carbocycles. The van der Waals surface area contributed by atoms with Gasteiger partial charge in [-0.05, 0) is 40.0 Å². The van der Waals surface area contributed by atoms with Gasteiger partial charge in [0.25, 0.3) is 0 Å². The minimum atomic E-state index is -0.529. The van der Waals surface area contributed by atoms with E-state index in [2.05, 4.69) is 20.1 Å². The second-order valence-corrected chi connectivity index (χ2v) is 9.55. The number of carbonyl (C=O) groups is 1. The van der Waals surface area contributed by atoms with Gasteiger partial charge in [0.15, 0.2) is 0 Å². The summed E-state index contributed by atoms with van der Waals surface area (Å²) in [6, 6.07) is 0. The van der Waals surface area contributed by atoms with E-state index in [9.17, 15) is 4.79 Å². The van der Waals surface area contributed by atoms with Gasteiger partial charge in [0.1, 0.15) is 11.3 Å². The maximum absolute atomic E-state index is 12.5. The summed E-state index contributed by atoms with van der Waals surface area (Å²) < 4.78 is 16.5. The maximum atomic E-state index is 12.5. The fourth-order valence-electron chi connectivity index (χ4n) is 4.20. The maximum Gasteiger partial charge on any atom is 0.307 e. The molecule has 0 amide bonds. The van der Waals surface area contributed by atoms with Gasteiger partial charge in [0.05, 0.1) is 25.4 Å². The molecule has 8 nitrogen and oxygen atoms in total. The van der Waals surface area contributed by atoms with Crippen molar-refractivity contribution in [2.24, 2.45) is 5.92 Å². The zero-order valence-corrected chi connectivity index (χ0v) is 19.8. The Morgan fingerprint density at radius 3 is 2.69 bits per heavy atom. The van der Waals surface area contributed by atoms with Crippen molar-refractivity contribution in [3.05, 3.63) is 18.3 Å². The Morgan fingerprint density at radius 1 is 1.19 bits per heavy atom. The molecule has 0 aliphatic heterocycles. The summed E-state index contributed by atoms with van der Waals surface area (Å²) >= 11 is 0. The number of esters is 1. The minimum Gasteiger partial charge on any atom is -0.477 e. The van der Waals surface area contributed by atoms with Crippen LogP contribution in [0.15, 0.2) is 16.9 Å². The Hall–Kier alpha value is -2.51. The zero-order chi connectivity index (χ0) is 23.0. The van der Waals surface area contributed by atoms with Crippen LogP contribution in [0.4, 0.5) is 0 Å². The van der Waals surface area contributed by atoms with Crippen molar-refractivity contribution in [1.82, 2.24) is 20.1 Å². The standard InChI is InChI=1S/C24H36N4O4/c1-5-30-20-16-25-15-19(26-20)22-27-23(32-28-22)18(14-21(29)31-24(2,3)4)13-9-12-17-10-7-6-8-11-17/h15-18H,5-14H2,1-4H3. The van der Waals surface area contributed by atoms with Gasteiger partial charge in [-0.3, -0.25) is 9.78 Å². The summed E-state index contributed by atoms with van der Waals surface area (Å²) in [5, 5.41) is 4.09. The number of nitrogens with zero attached hydrogens (tertiary/aromatic N) is 4. The highest BCUT2D eigenvalue weighted by Crippen LogP contribution is 2.32. The van der Waals surface area contributed by atoms with Crippen LogP contribution >= 0.6 is 0 Å². The summed E-state index contributed by atoms with van der Waals surface area (Å²) in [7, 11) is 0. The lowest BCUT2D eigenvalue weighted by Crippen LogP contribution is -2.25. The molecular formula is C24H36N4O4. The van der Waals surface area contributed by atoms with Crippen LogP contribution in [0.2, 0.25) is 0 Å². The summed E-state index contributed by atoms with van der Waals surface area (Å²) in [6.45, 7) is 8.00. The van der Waals surface area contributed by atoms with Gasteiger partial charge >= 0.3 is 5.97 Å². The van der Waals surface area contributed by atoms with Gasteiger partial charge in [-0.2, -0.15) is 4.98 Å². The van der Waals surface area contributed by atoms with Crippen molar-refractivity contribution in [2.45, 2.75) is 97.0 Å². The second kappa shape index (κ2) is 11.4. The number of aromatic nitrogens is 4. The molecule has 2 aromatic heterocycles. The highest BCUT2D eigenvalue weighted by molar-refractivity contribution is 5.70. The van der Waals surface area contributed by atoms with Gasteiger partial charge in [0.2, 0.25) is 17.6 Å². The molecule has 176 valence electrons. The summed E-state index contributed by atoms with van der Waals surface area (Å²) in [5.41, 5.74) is -0.0526. The summed E-state index contributed by atoms with van der Waals surface area (Å²) in [4.78, 5) is 25.6. The smallest absolute Gasteiger partial charge is 0.307 e. The number of hydrogen-bond acceptors (Lipinski definition) is 8. The van der Waals surface area contributed by atoms with Gasteiger partial charge in [-0.15, -0.1) is 0 Å². The molecule has 32 heavy (non-hydrogen) atoms. The topological polar surface area (TPSA) is 100 Å². The lowest BCUT2D eigenvalue weighted by atomic mass is 9.84. The monoisotopic (exact) mass is 444 g/mol. The molecule has 1 unspecified atom stereocenters. The lowest BCUT2D eigenvalue weighted by Gasteiger charge is -2.23. The van der Waals surface area contributed by atoms with Crippen molar-refractivity contribution in [3.63, 3.8) is 0 Å². The first-order chi connectivity index (χ1) is 15.3. The van der Waals surface area contributed by atoms with Crippen LogP contribution in [0.25, 0.3) is 11.5 Å². The van der Waals surface area contributed by atoms with Crippen LogP contribution in [0.5, 0.6) is 5.88 Å². The Bertz CT molecular complexity index is 856. The van der Waals surface area contributed by atoms with Crippen molar-refractivity contribution in [3.8, 4) is 17.4 Å². The molecule has 2 aromatic rings. The number of ether oxygens (including phenoxy) is 2. The molecule has 1 aliphatic rings. The predicted molar refractivity (Wildman–Crippen MR) is 120 cm³/mol. The minimum absolute atomic E-state index is 0.183. The van der Waals surface area contributed by atoms with Crippen molar-refractivity contribution < 1.29 is 18.8 Å². The molecule has 0 bridgehead atoms. The molecule has 0 aromatic carbocycles. The van der Waals surface area contributed by atoms with Crippen molar-refractivity contribution in [1.29, 1.82) is 0 Å². The van der Waals surface area contributed by atoms with Crippen molar-refractivity contribution in [2.75, 3.05) is 6.61 Å². The molecule has 8 heteroatoms. The molecule has 1 atom stereocenters. The number of rotatable bonds is 10. The first kappa shape index (κ1) is 24.1. The number of hydrogen-bond donors (Lipinski definition) is 0. The van der Waals surface area contributed by atoms with E-state index in [-0.39, 0.29) is 18.3 Å². The van der Waals surface area contributed by atoms with Crippen LogP contribution in [-0.2, 0) is 9.53 Å². The molecule has 0 saturated heterocycles. The molecule has 0 N–H and O–H groups in total. The molecule has 0 radical (unpaired) electrons. The largest absolute Gasteiger partial charge is 0.477 e. The molecule has 2 heterocycles. The fraction of sp³-hybridized carbons (Fsp3) is 0.708. The van der Waals surface area contributed by atoms with E-state index in [1.807, 2.05) is 27.7 Å². The van der Waals surface area contributed by atoms with Gasteiger partial charge in [-0.1, -0.05) is 50.1 Å². The van der Waals surface area contributed by atoms with Crippen LogP contribution in [0.3, 0.4) is 0 Å². The van der Waals surface area contributed by atoms with Crippen molar-refractivity contribution >= 4 is 5.97 Å². The van der Waals surface area contributed by atoms with E-state index in [1.165, 1.54) is 38.5 Å². The van der Waals surface area contributed by atoms with Gasteiger partial charge in [0, 0.05) is 5.92 Å². The van der Waals surface area contributed by atoms with Crippen LogP contribution in [0.1, 0.15) is 97.3 Å². The van der Waals surface area contributed by atoms with E-state index >= 15 is 0 Å². The average molecular weight is 445 g/mol. The highest BCUT2D eigenvalue weighted by Gasteiger charge is 2.27. The Labute approximate surface area is 190 Å². The second-order valence-electron chi connectivity index (χ2n) is 9.55. The Balaban J connectivity index is 1.70. The van der Waals surface area contributed by atoms with E-state index < -0.39 is 5.60 Å². The van der Waals surface area contributed by atoms with Crippen LogP contribution in [0, 0.1) is 5.92 Å². The van der Waals surface area contributed by atoms with Gasteiger partial charge < -0.3 is 14.0 Å². The first-order valence-corrected chi connectivity index (χ1v) is 11.8. The van der Waals surface area contributed by atoms with E-state index in [4.69, 9.17) is 14.0 Å². The van der Waals surface area contributed by atoms with Crippen LogP contribution < -0.4 is 4.74 Å². The lowest BCUT2D eigenvalue weighted by molar-refractivity contribution is -0.155. The number of carbonyl (C=O) groups excluding carboxylic acids is 1. The Morgan fingerprint density at radius 2 is 1.97 bits per heavy atom. The highest BCUT2D eigenvalue weighted by atomic mass is 16.6. The zero-order valence-electron chi connectivity index (χ0n) is 19.8. The van der Waals surface area contributed by atoms with Crippen LogP contribution in [-0.4, -0.2) is 38.3 Å². The predicted octanol–water partition coefficient (Wildman–Crippen LogP) is 5.49.